The largest absolute Gasteiger partial charge is 0.467 e. The Morgan fingerprint density at radius 1 is 1.28 bits per heavy atom. The minimum Gasteiger partial charge on any atom is -0.467 e. The Balaban J connectivity index is 1.39. The average Bonchev–Trinajstić information content (AvgIpc) is 3.54. The molecule has 1 aliphatic heterocycles. The van der Waals surface area contributed by atoms with Crippen molar-refractivity contribution in [3.05, 3.63) is 53.6 Å². The summed E-state index contributed by atoms with van der Waals surface area (Å²) in [5.74, 6) is -0.948. The number of methoxy groups -OCH3 is 1. The molecule has 9 heteroatoms. The highest BCUT2D eigenvalue weighted by atomic mass is 19.1. The number of alkyl halides is 1. The van der Waals surface area contributed by atoms with Gasteiger partial charge in [0.05, 0.1) is 7.11 Å². The first-order valence-electron chi connectivity index (χ1n) is 12.3. The highest BCUT2D eigenvalue weighted by Gasteiger charge is 2.31. The number of ether oxygens (including phenoxy) is 2. The normalized spacial score (nSPS) is 17.1. The third kappa shape index (κ3) is 6.47. The molecule has 1 aromatic heterocycles. The van der Waals surface area contributed by atoms with Crippen molar-refractivity contribution in [3.8, 4) is 0 Å². The quantitative estimate of drug-likeness (QED) is 0.280. The van der Waals surface area contributed by atoms with Crippen molar-refractivity contribution < 1.29 is 27.9 Å². The van der Waals surface area contributed by atoms with E-state index in [1.807, 2.05) is 49.4 Å². The van der Waals surface area contributed by atoms with Crippen LogP contribution in [0.1, 0.15) is 36.8 Å². The van der Waals surface area contributed by atoms with Crippen LogP contribution in [-0.2, 0) is 25.5 Å². The van der Waals surface area contributed by atoms with Crippen molar-refractivity contribution in [1.29, 1.82) is 0 Å². The molecular weight excluding hydrogens is 465 g/mol. The Labute approximate surface area is 209 Å². The predicted molar refractivity (Wildman–Crippen MR) is 134 cm³/mol. The van der Waals surface area contributed by atoms with Gasteiger partial charge in [-0.25, -0.2) is 9.18 Å². The average molecular weight is 498 g/mol. The number of Topliss-reactive ketones (excluding diaryl/α,β-unsaturated/α-hetero) is 1. The van der Waals surface area contributed by atoms with Crippen LogP contribution in [0.4, 0.5) is 16.1 Å². The number of fused-ring (bicyclic) bond motifs is 1. The lowest BCUT2D eigenvalue weighted by Gasteiger charge is -2.23. The molecule has 2 N–H and O–H groups in total. The van der Waals surface area contributed by atoms with Crippen LogP contribution in [0.3, 0.4) is 0 Å². The van der Waals surface area contributed by atoms with E-state index in [-0.39, 0.29) is 31.3 Å². The Bertz CT molecular complexity index is 1190. The zero-order valence-electron chi connectivity index (χ0n) is 20.6. The van der Waals surface area contributed by atoms with Gasteiger partial charge in [0.1, 0.15) is 11.6 Å². The fourth-order valence-corrected chi connectivity index (χ4v) is 4.38. The molecule has 1 aliphatic rings. The Morgan fingerprint density at radius 2 is 2.11 bits per heavy atom. The van der Waals surface area contributed by atoms with Crippen molar-refractivity contribution in [2.24, 2.45) is 0 Å². The molecule has 0 radical (unpaired) electrons. The summed E-state index contributed by atoms with van der Waals surface area (Å²) >= 11 is 0. The Morgan fingerprint density at radius 3 is 2.86 bits per heavy atom. The van der Waals surface area contributed by atoms with Crippen LogP contribution in [-0.4, -0.2) is 55.3 Å². The highest BCUT2D eigenvalue weighted by molar-refractivity contribution is 5.87. The van der Waals surface area contributed by atoms with E-state index in [4.69, 9.17) is 9.15 Å². The molecule has 3 atom stereocenters. The molecule has 192 valence electrons. The molecule has 3 aromatic rings. The summed E-state index contributed by atoms with van der Waals surface area (Å²) in [4.78, 5) is 29.0. The van der Waals surface area contributed by atoms with E-state index in [1.165, 1.54) is 0 Å². The van der Waals surface area contributed by atoms with E-state index in [0.717, 1.165) is 43.3 Å². The number of benzene rings is 2. The number of aryl methyl sites for hydroxylation is 1. The standard InChI is InChI=1S/C27H32FN3O5/c1-17-7-3-4-9-20(17)30-27-31-21-12-11-18(16-24(21)36-27)15-23(32)25(22-10-5-13-29-22)35-14-6-8-19(28)26(33)34-2/h3-4,7,9,11-12,16,19,22,25,29H,5-6,8,10,13-15H2,1-2H3,(H,30,31)/t19-,22?,25?/m0/s1. The van der Waals surface area contributed by atoms with Gasteiger partial charge in [-0.15, -0.1) is 0 Å². The maximum atomic E-state index is 13.7. The Hall–Kier alpha value is -3.30. The first-order valence-corrected chi connectivity index (χ1v) is 12.3. The first kappa shape index (κ1) is 25.8. The molecule has 0 amide bonds. The van der Waals surface area contributed by atoms with E-state index >= 15 is 0 Å². The topological polar surface area (TPSA) is 103 Å². The number of halogens is 1. The lowest BCUT2D eigenvalue weighted by Crippen LogP contribution is -2.43. The summed E-state index contributed by atoms with van der Waals surface area (Å²) in [6.45, 7) is 3.01. The van der Waals surface area contributed by atoms with Gasteiger partial charge < -0.3 is 24.5 Å². The minimum atomic E-state index is -1.68. The number of rotatable bonds is 12. The molecule has 8 nitrogen and oxygen atoms in total. The smallest absolute Gasteiger partial charge is 0.340 e. The van der Waals surface area contributed by atoms with Gasteiger partial charge >= 0.3 is 5.97 Å². The number of nitrogens with zero attached hydrogens (tertiary/aromatic N) is 1. The molecule has 0 saturated carbocycles. The second-order valence-corrected chi connectivity index (χ2v) is 9.03. The fraction of sp³-hybridized carbons (Fsp3) is 0.444. The van der Waals surface area contributed by atoms with Crippen molar-refractivity contribution in [2.45, 2.75) is 57.3 Å². The highest BCUT2D eigenvalue weighted by Crippen LogP contribution is 2.25. The van der Waals surface area contributed by atoms with Crippen LogP contribution >= 0.6 is 0 Å². The van der Waals surface area contributed by atoms with Gasteiger partial charge in [0.25, 0.3) is 6.01 Å². The summed E-state index contributed by atoms with van der Waals surface area (Å²) in [5.41, 5.74) is 4.06. The molecule has 0 spiro atoms. The zero-order chi connectivity index (χ0) is 25.5. The number of ketones is 1. The number of hydrogen-bond donors (Lipinski definition) is 2. The lowest BCUT2D eigenvalue weighted by atomic mass is 9.99. The maximum Gasteiger partial charge on any atom is 0.340 e. The Kier molecular flexibility index (Phi) is 8.66. The molecule has 1 saturated heterocycles. The van der Waals surface area contributed by atoms with Crippen LogP contribution in [0.25, 0.3) is 11.1 Å². The number of nitrogens with one attached hydrogen (secondary N) is 2. The number of aromatic nitrogens is 1. The van der Waals surface area contributed by atoms with Gasteiger partial charge in [-0.1, -0.05) is 24.3 Å². The monoisotopic (exact) mass is 497 g/mol. The van der Waals surface area contributed by atoms with Gasteiger partial charge in [0, 0.05) is 24.8 Å². The van der Waals surface area contributed by atoms with Crippen molar-refractivity contribution >= 4 is 34.6 Å². The number of carbonyl (C=O) groups excluding carboxylic acids is 2. The van der Waals surface area contributed by atoms with E-state index in [0.29, 0.717) is 23.5 Å². The number of para-hydroxylation sites is 1. The molecule has 4 rings (SSSR count). The van der Waals surface area contributed by atoms with E-state index in [9.17, 15) is 14.0 Å². The number of oxazole rings is 1. The summed E-state index contributed by atoms with van der Waals surface area (Å²) in [6.07, 6.45) is -0.0514. The lowest BCUT2D eigenvalue weighted by molar-refractivity contribution is -0.147. The minimum absolute atomic E-state index is 0.00723. The van der Waals surface area contributed by atoms with Gasteiger partial charge in [-0.2, -0.15) is 4.98 Å². The SMILES string of the molecule is COC(=O)[C@@H](F)CCCOC(C(=O)Cc1ccc2nc(Nc3ccccc3C)oc2c1)C1CCCN1. The molecule has 0 aliphatic carbocycles. The molecule has 0 bridgehead atoms. The molecule has 2 unspecified atom stereocenters. The van der Waals surface area contributed by atoms with Crippen LogP contribution in [0, 0.1) is 6.92 Å². The summed E-state index contributed by atoms with van der Waals surface area (Å²) in [6, 6.07) is 13.7. The van der Waals surface area contributed by atoms with E-state index in [2.05, 4.69) is 20.4 Å². The number of anilines is 2. The van der Waals surface area contributed by atoms with Gasteiger partial charge in [-0.3, -0.25) is 4.79 Å². The zero-order valence-corrected chi connectivity index (χ0v) is 20.6. The van der Waals surface area contributed by atoms with Crippen LogP contribution in [0.2, 0.25) is 0 Å². The van der Waals surface area contributed by atoms with Gasteiger partial charge in [-0.05, 0) is 68.5 Å². The number of carbonyl (C=O) groups is 2. The van der Waals surface area contributed by atoms with Crippen molar-refractivity contribution in [3.63, 3.8) is 0 Å². The van der Waals surface area contributed by atoms with Crippen LogP contribution in [0.5, 0.6) is 0 Å². The molecule has 1 fully saturated rings. The number of hydrogen-bond acceptors (Lipinski definition) is 8. The third-order valence-electron chi connectivity index (χ3n) is 6.36. The summed E-state index contributed by atoms with van der Waals surface area (Å²) in [7, 11) is 1.16. The van der Waals surface area contributed by atoms with Gasteiger partial charge in [0.2, 0.25) is 0 Å². The van der Waals surface area contributed by atoms with Crippen LogP contribution in [0.15, 0.2) is 46.9 Å². The molecule has 36 heavy (non-hydrogen) atoms. The van der Waals surface area contributed by atoms with Crippen LogP contribution < -0.4 is 10.6 Å². The third-order valence-corrected chi connectivity index (χ3v) is 6.36. The molecular formula is C27H32FN3O5. The first-order chi connectivity index (χ1) is 17.4. The molecule has 2 heterocycles. The van der Waals surface area contributed by atoms with Crippen molar-refractivity contribution in [2.75, 3.05) is 25.6 Å². The maximum absolute atomic E-state index is 13.7. The second kappa shape index (κ2) is 12.1. The summed E-state index contributed by atoms with van der Waals surface area (Å²) in [5, 5.41) is 6.53. The second-order valence-electron chi connectivity index (χ2n) is 9.03. The van der Waals surface area contributed by atoms with Gasteiger partial charge in [0.15, 0.2) is 17.5 Å². The molecule has 2 aromatic carbocycles. The predicted octanol–water partition coefficient (Wildman–Crippen LogP) is 4.42. The van der Waals surface area contributed by atoms with Crippen molar-refractivity contribution in [1.82, 2.24) is 10.3 Å². The number of esters is 1. The van der Waals surface area contributed by atoms with E-state index in [1.54, 1.807) is 0 Å². The van der Waals surface area contributed by atoms with E-state index < -0.39 is 18.2 Å². The summed E-state index contributed by atoms with van der Waals surface area (Å²) < 4.78 is 29.9. The fourth-order valence-electron chi connectivity index (χ4n) is 4.38.